The van der Waals surface area contributed by atoms with Crippen molar-refractivity contribution in [1.82, 2.24) is 9.47 Å². The lowest BCUT2D eigenvalue weighted by atomic mass is 10.1. The van der Waals surface area contributed by atoms with Gasteiger partial charge in [-0.3, -0.25) is 4.90 Å². The predicted molar refractivity (Wildman–Crippen MR) is 67.2 cm³/mol. The van der Waals surface area contributed by atoms with Crippen LogP contribution in [0, 0.1) is 0 Å². The second-order valence-corrected chi connectivity index (χ2v) is 5.50. The van der Waals surface area contributed by atoms with Gasteiger partial charge in [0.15, 0.2) is 0 Å². The van der Waals surface area contributed by atoms with Gasteiger partial charge in [-0.25, -0.2) is 4.79 Å². The standard InChI is InChI=1S/C13H20N2O3/c1-13(2,3)18-12(17)15-8-7-14-6-4-5-10(14)11(15)9-16/h4-6,11,16H,7-9H2,1-3H3/t11-/m1/s1. The molecular formula is C13H20N2O3. The number of fused-ring (bicyclic) bond motifs is 1. The van der Waals surface area contributed by atoms with E-state index in [-0.39, 0.29) is 18.7 Å². The number of rotatable bonds is 1. The van der Waals surface area contributed by atoms with Crippen LogP contribution in [0.5, 0.6) is 0 Å². The predicted octanol–water partition coefficient (Wildman–Crippen LogP) is 1.77. The molecule has 0 bridgehead atoms. The lowest BCUT2D eigenvalue weighted by Gasteiger charge is -2.36. The molecule has 0 fully saturated rings. The van der Waals surface area contributed by atoms with Gasteiger partial charge in [-0.2, -0.15) is 0 Å². The number of hydrogen-bond donors (Lipinski definition) is 1. The Morgan fingerprint density at radius 2 is 2.22 bits per heavy atom. The van der Waals surface area contributed by atoms with Crippen molar-refractivity contribution in [2.24, 2.45) is 0 Å². The third-order valence-electron chi connectivity index (χ3n) is 2.97. The van der Waals surface area contributed by atoms with Crippen LogP contribution in [0.3, 0.4) is 0 Å². The van der Waals surface area contributed by atoms with E-state index in [9.17, 15) is 9.90 Å². The number of aromatic nitrogens is 1. The monoisotopic (exact) mass is 252 g/mol. The van der Waals surface area contributed by atoms with E-state index in [1.807, 2.05) is 39.1 Å². The summed E-state index contributed by atoms with van der Waals surface area (Å²) in [6, 6.07) is 3.54. The Bertz CT molecular complexity index is 434. The Labute approximate surface area is 107 Å². The van der Waals surface area contributed by atoms with Crippen molar-refractivity contribution < 1.29 is 14.6 Å². The molecule has 1 atom stereocenters. The van der Waals surface area contributed by atoms with Crippen LogP contribution in [0.25, 0.3) is 0 Å². The van der Waals surface area contributed by atoms with Crippen LogP contribution in [0.2, 0.25) is 0 Å². The fourth-order valence-electron chi connectivity index (χ4n) is 2.20. The molecule has 1 aromatic heterocycles. The summed E-state index contributed by atoms with van der Waals surface area (Å²) in [5.74, 6) is 0. The number of aliphatic hydroxyl groups excluding tert-OH is 1. The Balaban J connectivity index is 2.17. The zero-order chi connectivity index (χ0) is 13.3. The van der Waals surface area contributed by atoms with Gasteiger partial charge in [0, 0.05) is 25.0 Å². The summed E-state index contributed by atoms with van der Waals surface area (Å²) in [7, 11) is 0. The first kappa shape index (κ1) is 13.0. The summed E-state index contributed by atoms with van der Waals surface area (Å²) >= 11 is 0. The average Bonchev–Trinajstić information content (AvgIpc) is 2.72. The molecule has 0 saturated heterocycles. The summed E-state index contributed by atoms with van der Waals surface area (Å²) in [6.07, 6.45) is 1.60. The van der Waals surface area contributed by atoms with Gasteiger partial charge in [-0.15, -0.1) is 0 Å². The van der Waals surface area contributed by atoms with Gasteiger partial charge < -0.3 is 14.4 Å². The van der Waals surface area contributed by atoms with E-state index in [0.29, 0.717) is 6.54 Å². The number of hydrogen-bond acceptors (Lipinski definition) is 3. The molecule has 0 unspecified atom stereocenters. The van der Waals surface area contributed by atoms with Gasteiger partial charge in [-0.05, 0) is 32.9 Å². The third-order valence-corrected chi connectivity index (χ3v) is 2.97. The molecule has 5 heteroatoms. The van der Waals surface area contributed by atoms with Gasteiger partial charge in [0.05, 0.1) is 12.6 Å². The van der Waals surface area contributed by atoms with E-state index in [4.69, 9.17) is 4.74 Å². The van der Waals surface area contributed by atoms with Crippen molar-refractivity contribution in [3.63, 3.8) is 0 Å². The molecule has 2 heterocycles. The first-order valence-electron chi connectivity index (χ1n) is 6.18. The smallest absolute Gasteiger partial charge is 0.410 e. The Kier molecular flexibility index (Phi) is 3.34. The molecule has 1 aliphatic heterocycles. The molecule has 1 N–H and O–H groups in total. The van der Waals surface area contributed by atoms with Crippen molar-refractivity contribution in [3.05, 3.63) is 24.0 Å². The highest BCUT2D eigenvalue weighted by atomic mass is 16.6. The summed E-state index contributed by atoms with van der Waals surface area (Å²) in [5, 5.41) is 9.51. The maximum Gasteiger partial charge on any atom is 0.410 e. The second-order valence-electron chi connectivity index (χ2n) is 5.50. The number of ether oxygens (including phenoxy) is 1. The number of amides is 1. The normalized spacial score (nSPS) is 19.6. The van der Waals surface area contributed by atoms with E-state index >= 15 is 0 Å². The minimum Gasteiger partial charge on any atom is -0.444 e. The summed E-state index contributed by atoms with van der Waals surface area (Å²) in [5.41, 5.74) is 0.436. The van der Waals surface area contributed by atoms with Crippen LogP contribution in [0.4, 0.5) is 4.79 Å². The molecule has 0 spiro atoms. The zero-order valence-electron chi connectivity index (χ0n) is 11.1. The summed E-state index contributed by atoms with van der Waals surface area (Å²) in [6.45, 7) is 6.71. The van der Waals surface area contributed by atoms with Crippen molar-refractivity contribution in [2.75, 3.05) is 13.2 Å². The van der Waals surface area contributed by atoms with E-state index in [1.165, 1.54) is 0 Å². The molecule has 5 nitrogen and oxygen atoms in total. The molecule has 0 aromatic carbocycles. The second kappa shape index (κ2) is 4.65. The molecule has 1 aromatic rings. The lowest BCUT2D eigenvalue weighted by Crippen LogP contribution is -2.45. The van der Waals surface area contributed by atoms with E-state index < -0.39 is 5.60 Å². The number of aliphatic hydroxyl groups is 1. The van der Waals surface area contributed by atoms with Crippen LogP contribution >= 0.6 is 0 Å². The highest BCUT2D eigenvalue weighted by Crippen LogP contribution is 2.27. The first-order chi connectivity index (χ1) is 8.42. The number of carbonyl (C=O) groups excluding carboxylic acids is 1. The van der Waals surface area contributed by atoms with Crippen molar-refractivity contribution in [1.29, 1.82) is 0 Å². The van der Waals surface area contributed by atoms with Crippen LogP contribution in [-0.2, 0) is 11.3 Å². The summed E-state index contributed by atoms with van der Waals surface area (Å²) < 4.78 is 7.42. The first-order valence-corrected chi connectivity index (χ1v) is 6.18. The van der Waals surface area contributed by atoms with E-state index in [1.54, 1.807) is 4.90 Å². The molecule has 0 radical (unpaired) electrons. The van der Waals surface area contributed by atoms with Gasteiger partial charge >= 0.3 is 6.09 Å². The largest absolute Gasteiger partial charge is 0.444 e. The third kappa shape index (κ3) is 2.51. The molecule has 0 aliphatic carbocycles. The maximum absolute atomic E-state index is 12.1. The van der Waals surface area contributed by atoms with Gasteiger partial charge in [-0.1, -0.05) is 0 Å². The number of carbonyl (C=O) groups is 1. The van der Waals surface area contributed by atoms with Crippen LogP contribution < -0.4 is 0 Å². The van der Waals surface area contributed by atoms with Crippen LogP contribution in [0.1, 0.15) is 32.5 Å². The highest BCUT2D eigenvalue weighted by Gasteiger charge is 2.33. The summed E-state index contributed by atoms with van der Waals surface area (Å²) in [4.78, 5) is 13.7. The molecule has 100 valence electrons. The molecule has 1 amide bonds. The van der Waals surface area contributed by atoms with Gasteiger partial charge in [0.25, 0.3) is 0 Å². The average molecular weight is 252 g/mol. The molecule has 18 heavy (non-hydrogen) atoms. The zero-order valence-corrected chi connectivity index (χ0v) is 11.1. The van der Waals surface area contributed by atoms with E-state index in [2.05, 4.69) is 4.57 Å². The maximum atomic E-state index is 12.1. The molecular weight excluding hydrogens is 232 g/mol. The van der Waals surface area contributed by atoms with E-state index in [0.717, 1.165) is 12.2 Å². The Morgan fingerprint density at radius 3 is 2.83 bits per heavy atom. The van der Waals surface area contributed by atoms with Gasteiger partial charge in [0.1, 0.15) is 5.60 Å². The van der Waals surface area contributed by atoms with Crippen LogP contribution in [-0.4, -0.2) is 39.4 Å². The minimum absolute atomic E-state index is 0.0940. The molecule has 2 rings (SSSR count). The highest BCUT2D eigenvalue weighted by molar-refractivity contribution is 5.69. The fraction of sp³-hybridized carbons (Fsp3) is 0.615. The Morgan fingerprint density at radius 1 is 1.50 bits per heavy atom. The minimum atomic E-state index is -0.517. The van der Waals surface area contributed by atoms with Crippen LogP contribution in [0.15, 0.2) is 18.3 Å². The van der Waals surface area contributed by atoms with Gasteiger partial charge in [0.2, 0.25) is 0 Å². The lowest BCUT2D eigenvalue weighted by molar-refractivity contribution is 0.00267. The quantitative estimate of drug-likeness (QED) is 0.828. The topological polar surface area (TPSA) is 54.7 Å². The fourth-order valence-corrected chi connectivity index (χ4v) is 2.20. The SMILES string of the molecule is CC(C)(C)OC(=O)N1CCn2cccc2[C@H]1CO. The van der Waals surface area contributed by atoms with Crippen molar-refractivity contribution in [3.8, 4) is 0 Å². The number of nitrogens with zero attached hydrogens (tertiary/aromatic N) is 2. The molecule has 1 aliphatic rings. The van der Waals surface area contributed by atoms with Crippen molar-refractivity contribution >= 4 is 6.09 Å². The Hall–Kier alpha value is -1.49. The van der Waals surface area contributed by atoms with Crippen molar-refractivity contribution in [2.45, 2.75) is 39.0 Å². The molecule has 0 saturated carbocycles.